The highest BCUT2D eigenvalue weighted by Crippen LogP contribution is 2.37. The number of phenolic OH excluding ortho intramolecular Hbond substituents is 1. The topological polar surface area (TPSA) is 29.5 Å². The number of rotatable bonds is 9. The van der Waals surface area contributed by atoms with E-state index >= 15 is 4.39 Å². The van der Waals surface area contributed by atoms with E-state index in [1.165, 1.54) is 12.1 Å². The molecule has 0 aromatic heterocycles. The summed E-state index contributed by atoms with van der Waals surface area (Å²) < 4.78 is 101. The second-order valence-corrected chi connectivity index (χ2v) is 7.73. The van der Waals surface area contributed by atoms with Crippen molar-refractivity contribution in [2.24, 2.45) is 0 Å². The Morgan fingerprint density at radius 1 is 0.794 bits per heavy atom. The van der Waals surface area contributed by atoms with Crippen LogP contribution in [0.25, 0.3) is 11.1 Å². The number of unbranched alkanes of at least 4 members (excludes halogenated alkanes) is 1. The van der Waals surface area contributed by atoms with Gasteiger partial charge < -0.3 is 9.84 Å². The van der Waals surface area contributed by atoms with Crippen LogP contribution >= 0.6 is 0 Å². The van der Waals surface area contributed by atoms with Gasteiger partial charge in [-0.1, -0.05) is 25.5 Å². The lowest BCUT2D eigenvalue weighted by Gasteiger charge is -2.14. The van der Waals surface area contributed by atoms with Crippen molar-refractivity contribution in [3.63, 3.8) is 0 Å². The zero-order valence-electron chi connectivity index (χ0n) is 18.1. The summed E-state index contributed by atoms with van der Waals surface area (Å²) in [5.41, 5.74) is -0.711. The molecule has 0 heterocycles. The monoisotopic (exact) mass is 486 g/mol. The minimum Gasteiger partial charge on any atom is -0.507 e. The van der Waals surface area contributed by atoms with Gasteiger partial charge in [-0.05, 0) is 55.0 Å². The molecule has 0 aliphatic rings. The maximum Gasteiger partial charge on any atom is 0.387 e. The lowest BCUT2D eigenvalue weighted by Crippen LogP contribution is -2.07. The molecule has 0 fully saturated rings. The lowest BCUT2D eigenvalue weighted by atomic mass is 9.95. The standard InChI is InChI=1S/C25H21F7O2/c1-2-3-4-13-5-7-15(17(26)9-13)22-21(33)12-18(27)16(23(22)30)8-6-14-10-19(28)24(20(29)11-14)34-25(31)32/h5,7,9-12,25,33H,2-4,6,8H2,1H3. The smallest absolute Gasteiger partial charge is 0.387 e. The van der Waals surface area contributed by atoms with E-state index in [4.69, 9.17) is 0 Å². The van der Waals surface area contributed by atoms with E-state index in [1.54, 1.807) is 6.07 Å². The molecule has 0 spiro atoms. The molecule has 0 saturated carbocycles. The van der Waals surface area contributed by atoms with Crippen LogP contribution < -0.4 is 4.74 Å². The average molecular weight is 486 g/mol. The Bertz CT molecular complexity index is 1160. The summed E-state index contributed by atoms with van der Waals surface area (Å²) in [6.45, 7) is -1.46. The molecule has 0 saturated heterocycles. The summed E-state index contributed by atoms with van der Waals surface area (Å²) >= 11 is 0. The summed E-state index contributed by atoms with van der Waals surface area (Å²) in [7, 11) is 0. The molecule has 0 aliphatic heterocycles. The lowest BCUT2D eigenvalue weighted by molar-refractivity contribution is -0.0546. The Morgan fingerprint density at radius 2 is 1.44 bits per heavy atom. The fourth-order valence-corrected chi connectivity index (χ4v) is 3.66. The number of aromatic hydroxyl groups is 1. The molecule has 0 radical (unpaired) electrons. The molecule has 3 rings (SSSR count). The Balaban J connectivity index is 1.91. The summed E-state index contributed by atoms with van der Waals surface area (Å²) in [5.74, 6) is -7.99. The third-order valence-corrected chi connectivity index (χ3v) is 5.34. The normalized spacial score (nSPS) is 11.3. The third-order valence-electron chi connectivity index (χ3n) is 5.34. The number of hydrogen-bond acceptors (Lipinski definition) is 2. The second kappa shape index (κ2) is 10.8. The largest absolute Gasteiger partial charge is 0.507 e. The fourth-order valence-electron chi connectivity index (χ4n) is 3.66. The fraction of sp³-hybridized carbons (Fsp3) is 0.280. The number of phenols is 1. The van der Waals surface area contributed by atoms with Gasteiger partial charge in [-0.25, -0.2) is 22.0 Å². The Morgan fingerprint density at radius 3 is 2.03 bits per heavy atom. The molecule has 182 valence electrons. The van der Waals surface area contributed by atoms with Crippen LogP contribution in [0.3, 0.4) is 0 Å². The van der Waals surface area contributed by atoms with Crippen molar-refractivity contribution in [3.05, 3.63) is 82.2 Å². The van der Waals surface area contributed by atoms with Crippen LogP contribution in [0.1, 0.15) is 36.5 Å². The first-order valence-corrected chi connectivity index (χ1v) is 10.5. The van der Waals surface area contributed by atoms with Crippen molar-refractivity contribution in [2.45, 2.75) is 45.6 Å². The van der Waals surface area contributed by atoms with Crippen LogP contribution in [0, 0.1) is 29.1 Å². The summed E-state index contributed by atoms with van der Waals surface area (Å²) in [5, 5.41) is 10.1. The number of halogens is 7. The van der Waals surface area contributed by atoms with Gasteiger partial charge in [-0.15, -0.1) is 0 Å². The number of hydrogen-bond donors (Lipinski definition) is 1. The van der Waals surface area contributed by atoms with E-state index in [1.807, 2.05) is 6.92 Å². The van der Waals surface area contributed by atoms with Gasteiger partial charge >= 0.3 is 6.61 Å². The number of ether oxygens (including phenoxy) is 1. The highest BCUT2D eigenvalue weighted by atomic mass is 19.3. The molecule has 34 heavy (non-hydrogen) atoms. The van der Waals surface area contributed by atoms with Gasteiger partial charge in [0.15, 0.2) is 17.4 Å². The molecule has 3 aromatic rings. The highest BCUT2D eigenvalue weighted by molar-refractivity contribution is 5.72. The van der Waals surface area contributed by atoms with Gasteiger partial charge in [0.2, 0.25) is 0 Å². The molecule has 2 nitrogen and oxygen atoms in total. The van der Waals surface area contributed by atoms with E-state index in [-0.39, 0.29) is 17.5 Å². The third kappa shape index (κ3) is 5.63. The molecular weight excluding hydrogens is 465 g/mol. The van der Waals surface area contributed by atoms with E-state index in [9.17, 15) is 31.4 Å². The quantitative estimate of drug-likeness (QED) is 0.318. The van der Waals surface area contributed by atoms with Crippen molar-refractivity contribution in [1.29, 1.82) is 0 Å². The number of aryl methyl sites for hydroxylation is 2. The summed E-state index contributed by atoms with van der Waals surface area (Å²) in [6.07, 6.45) is 1.66. The average Bonchev–Trinajstić information content (AvgIpc) is 2.75. The summed E-state index contributed by atoms with van der Waals surface area (Å²) in [4.78, 5) is 0. The SMILES string of the molecule is CCCCc1ccc(-c2c(O)cc(F)c(CCc3cc(F)c(OC(F)F)c(F)c3)c2F)c(F)c1. The highest BCUT2D eigenvalue weighted by Gasteiger charge is 2.23. The van der Waals surface area contributed by atoms with Crippen LogP contribution in [0.4, 0.5) is 30.7 Å². The van der Waals surface area contributed by atoms with E-state index < -0.39 is 64.7 Å². The predicted molar refractivity (Wildman–Crippen MR) is 112 cm³/mol. The van der Waals surface area contributed by atoms with Crippen LogP contribution in [0.5, 0.6) is 11.5 Å². The molecule has 9 heteroatoms. The Labute approximate surface area is 191 Å². The zero-order valence-corrected chi connectivity index (χ0v) is 18.1. The van der Waals surface area contributed by atoms with Crippen molar-refractivity contribution >= 4 is 0 Å². The zero-order chi connectivity index (χ0) is 25.0. The van der Waals surface area contributed by atoms with E-state index in [0.29, 0.717) is 30.2 Å². The minimum absolute atomic E-state index is 0.0727. The van der Waals surface area contributed by atoms with Crippen LogP contribution in [0.2, 0.25) is 0 Å². The molecule has 3 aromatic carbocycles. The number of alkyl halides is 2. The van der Waals surface area contributed by atoms with E-state index in [2.05, 4.69) is 4.74 Å². The van der Waals surface area contributed by atoms with Crippen molar-refractivity contribution in [3.8, 4) is 22.6 Å². The van der Waals surface area contributed by atoms with Crippen molar-refractivity contribution < 1.29 is 40.6 Å². The minimum atomic E-state index is -3.44. The molecule has 0 aliphatic carbocycles. The van der Waals surface area contributed by atoms with Crippen LogP contribution in [-0.4, -0.2) is 11.7 Å². The molecule has 1 N–H and O–H groups in total. The first kappa shape index (κ1) is 25.4. The van der Waals surface area contributed by atoms with E-state index in [0.717, 1.165) is 12.8 Å². The number of benzene rings is 3. The van der Waals surface area contributed by atoms with Gasteiger partial charge in [0.25, 0.3) is 0 Å². The Hall–Kier alpha value is -3.23. The molecule has 0 bridgehead atoms. The molecule has 0 atom stereocenters. The summed E-state index contributed by atoms with van der Waals surface area (Å²) in [6, 6.07) is 6.18. The van der Waals surface area contributed by atoms with Gasteiger partial charge in [0, 0.05) is 17.2 Å². The van der Waals surface area contributed by atoms with Crippen molar-refractivity contribution in [2.75, 3.05) is 0 Å². The first-order valence-electron chi connectivity index (χ1n) is 10.5. The van der Waals surface area contributed by atoms with Gasteiger partial charge in [-0.2, -0.15) is 8.78 Å². The molecular formula is C25H21F7O2. The Kier molecular flexibility index (Phi) is 8.06. The van der Waals surface area contributed by atoms with Gasteiger partial charge in [0.1, 0.15) is 23.2 Å². The van der Waals surface area contributed by atoms with Crippen LogP contribution in [0.15, 0.2) is 36.4 Å². The van der Waals surface area contributed by atoms with Gasteiger partial charge in [0.05, 0.1) is 5.56 Å². The molecule has 0 amide bonds. The van der Waals surface area contributed by atoms with Crippen molar-refractivity contribution in [1.82, 2.24) is 0 Å². The molecule has 0 unspecified atom stereocenters. The predicted octanol–water partition coefficient (Wildman–Crippen LogP) is 7.48. The second-order valence-electron chi connectivity index (χ2n) is 7.73. The van der Waals surface area contributed by atoms with Gasteiger partial charge in [-0.3, -0.25) is 0 Å². The van der Waals surface area contributed by atoms with Crippen LogP contribution in [-0.2, 0) is 19.3 Å². The maximum atomic E-state index is 15.2. The first-order chi connectivity index (χ1) is 16.1. The maximum absolute atomic E-state index is 15.2.